The van der Waals surface area contributed by atoms with Gasteiger partial charge in [0, 0.05) is 24.7 Å². The predicted octanol–water partition coefficient (Wildman–Crippen LogP) is 3.11. The summed E-state index contributed by atoms with van der Waals surface area (Å²) in [5.74, 6) is 1.33. The molecule has 2 aromatic rings. The first-order valence-corrected chi connectivity index (χ1v) is 8.56. The molecule has 0 aromatic carbocycles. The molecular formula is C15H19N3O2S. The number of hydrogen-bond donors (Lipinski definition) is 1. The van der Waals surface area contributed by atoms with E-state index in [2.05, 4.69) is 9.88 Å². The van der Waals surface area contributed by atoms with E-state index >= 15 is 0 Å². The molecule has 2 fully saturated rings. The zero-order chi connectivity index (χ0) is 14.4. The van der Waals surface area contributed by atoms with Crippen LogP contribution in [-0.4, -0.2) is 33.6 Å². The summed E-state index contributed by atoms with van der Waals surface area (Å²) >= 11 is 1.49. The molecule has 1 saturated carbocycles. The lowest BCUT2D eigenvalue weighted by atomic mass is 9.75. The van der Waals surface area contributed by atoms with Crippen LogP contribution in [0.1, 0.15) is 42.6 Å². The molecule has 1 aliphatic carbocycles. The zero-order valence-electron chi connectivity index (χ0n) is 11.9. The minimum atomic E-state index is -0.887. The molecule has 3 heterocycles. The molecule has 1 N–H and O–H groups in total. The number of carbonyl (C=O) groups is 1. The van der Waals surface area contributed by atoms with Gasteiger partial charge in [-0.1, -0.05) is 19.3 Å². The second kappa shape index (κ2) is 5.02. The van der Waals surface area contributed by atoms with E-state index in [9.17, 15) is 9.90 Å². The number of nitrogens with zero attached hydrogens (tertiary/aromatic N) is 3. The van der Waals surface area contributed by atoms with Gasteiger partial charge < -0.3 is 10.0 Å². The average Bonchev–Trinajstić information content (AvgIpc) is 3.06. The largest absolute Gasteiger partial charge is 0.476 e. The molecule has 2 aliphatic rings. The molecule has 0 bridgehead atoms. The Morgan fingerprint density at radius 3 is 2.90 bits per heavy atom. The lowest BCUT2D eigenvalue weighted by Crippen LogP contribution is -2.42. The zero-order valence-corrected chi connectivity index (χ0v) is 12.7. The van der Waals surface area contributed by atoms with E-state index in [1.54, 1.807) is 10.6 Å². The predicted molar refractivity (Wildman–Crippen MR) is 82.3 cm³/mol. The molecule has 2 aromatic heterocycles. The molecule has 6 heteroatoms. The fourth-order valence-corrected chi connectivity index (χ4v) is 4.70. The summed E-state index contributed by atoms with van der Waals surface area (Å²) in [6.45, 7) is 1.90. The molecule has 2 unspecified atom stereocenters. The maximum Gasteiger partial charge on any atom is 0.356 e. The van der Waals surface area contributed by atoms with E-state index in [-0.39, 0.29) is 0 Å². The van der Waals surface area contributed by atoms with Crippen molar-refractivity contribution in [2.45, 2.75) is 32.1 Å². The summed E-state index contributed by atoms with van der Waals surface area (Å²) < 4.78 is 1.70. The minimum absolute atomic E-state index is 0.320. The maximum atomic E-state index is 11.6. The van der Waals surface area contributed by atoms with Gasteiger partial charge in [-0.05, 0) is 24.7 Å². The van der Waals surface area contributed by atoms with Crippen molar-refractivity contribution in [2.75, 3.05) is 18.0 Å². The van der Waals surface area contributed by atoms with Crippen molar-refractivity contribution < 1.29 is 9.90 Å². The highest BCUT2D eigenvalue weighted by atomic mass is 32.1. The molecule has 1 saturated heterocycles. The van der Waals surface area contributed by atoms with Gasteiger partial charge in [0.2, 0.25) is 0 Å². The molecule has 5 nitrogen and oxygen atoms in total. The van der Waals surface area contributed by atoms with Gasteiger partial charge in [0.05, 0.1) is 0 Å². The lowest BCUT2D eigenvalue weighted by Gasteiger charge is -2.41. The Hall–Kier alpha value is -1.56. The fraction of sp³-hybridized carbons (Fsp3) is 0.600. The Kier molecular flexibility index (Phi) is 3.14. The number of piperidine rings is 1. The fourth-order valence-electron chi connectivity index (χ4n) is 3.99. The molecule has 2 atom stereocenters. The van der Waals surface area contributed by atoms with Gasteiger partial charge in [-0.25, -0.2) is 9.78 Å². The first-order valence-electron chi connectivity index (χ1n) is 7.68. The number of thiazole rings is 1. The number of aromatic carboxylic acids is 1. The van der Waals surface area contributed by atoms with Crippen LogP contribution in [0.4, 0.5) is 5.82 Å². The van der Waals surface area contributed by atoms with E-state index in [0.717, 1.165) is 24.0 Å². The third kappa shape index (κ3) is 2.12. The Bertz CT molecular complexity index is 678. The summed E-state index contributed by atoms with van der Waals surface area (Å²) in [6.07, 6.45) is 8.29. The number of anilines is 1. The van der Waals surface area contributed by atoms with Crippen LogP contribution in [0.5, 0.6) is 0 Å². The normalized spacial score (nSPS) is 26.0. The van der Waals surface area contributed by atoms with Gasteiger partial charge in [0.25, 0.3) is 0 Å². The van der Waals surface area contributed by atoms with Crippen LogP contribution in [0.25, 0.3) is 4.96 Å². The monoisotopic (exact) mass is 305 g/mol. The Morgan fingerprint density at radius 2 is 2.10 bits per heavy atom. The van der Waals surface area contributed by atoms with E-state index in [1.165, 1.54) is 43.4 Å². The highest BCUT2D eigenvalue weighted by Gasteiger charge is 2.34. The topological polar surface area (TPSA) is 57.8 Å². The maximum absolute atomic E-state index is 11.6. The minimum Gasteiger partial charge on any atom is -0.476 e. The highest BCUT2D eigenvalue weighted by molar-refractivity contribution is 7.15. The standard InChI is InChI=1S/C15H19N3O2S/c19-14(20)12-13(16-15-18(12)7-8-21-15)17-6-5-10-3-1-2-4-11(10)9-17/h7-8,10-11H,1-6,9H2,(H,19,20). The van der Waals surface area contributed by atoms with Gasteiger partial charge in [-0.3, -0.25) is 4.40 Å². The van der Waals surface area contributed by atoms with Crippen molar-refractivity contribution in [2.24, 2.45) is 11.8 Å². The lowest BCUT2D eigenvalue weighted by molar-refractivity contribution is 0.0689. The van der Waals surface area contributed by atoms with Crippen molar-refractivity contribution in [3.05, 3.63) is 17.3 Å². The first kappa shape index (κ1) is 13.1. The van der Waals surface area contributed by atoms with Crippen LogP contribution in [0.15, 0.2) is 11.6 Å². The third-order valence-electron chi connectivity index (χ3n) is 5.04. The van der Waals surface area contributed by atoms with Gasteiger partial charge in [0.1, 0.15) is 0 Å². The third-order valence-corrected chi connectivity index (χ3v) is 5.79. The second-order valence-corrected chi connectivity index (χ2v) is 7.06. The Labute approximate surface area is 127 Å². The number of imidazole rings is 1. The number of aromatic nitrogens is 2. The molecule has 1 aliphatic heterocycles. The van der Waals surface area contributed by atoms with Gasteiger partial charge in [0.15, 0.2) is 16.5 Å². The van der Waals surface area contributed by atoms with Crippen LogP contribution in [-0.2, 0) is 0 Å². The highest BCUT2D eigenvalue weighted by Crippen LogP contribution is 2.38. The van der Waals surface area contributed by atoms with E-state index < -0.39 is 5.97 Å². The summed E-state index contributed by atoms with van der Waals surface area (Å²) in [5, 5.41) is 11.4. The number of hydrogen-bond acceptors (Lipinski definition) is 4. The molecule has 0 radical (unpaired) electrons. The van der Waals surface area contributed by atoms with Crippen LogP contribution in [0.3, 0.4) is 0 Å². The molecule has 4 rings (SSSR count). The van der Waals surface area contributed by atoms with Crippen molar-refractivity contribution >= 4 is 28.1 Å². The number of rotatable bonds is 2. The Balaban J connectivity index is 1.68. The smallest absolute Gasteiger partial charge is 0.356 e. The summed E-state index contributed by atoms with van der Waals surface area (Å²) in [7, 11) is 0. The SMILES string of the molecule is O=C(O)c1c(N2CCC3CCCCC3C2)nc2sccn12. The molecule has 0 amide bonds. The summed E-state index contributed by atoms with van der Waals surface area (Å²) in [5.41, 5.74) is 0.320. The van der Waals surface area contributed by atoms with Crippen LogP contribution >= 0.6 is 11.3 Å². The van der Waals surface area contributed by atoms with Crippen LogP contribution in [0.2, 0.25) is 0 Å². The first-order chi connectivity index (χ1) is 10.2. The number of carboxylic acid groups (broad SMARTS) is 1. The van der Waals surface area contributed by atoms with E-state index in [0.29, 0.717) is 17.4 Å². The van der Waals surface area contributed by atoms with Gasteiger partial charge in [-0.2, -0.15) is 0 Å². The molecule has 0 spiro atoms. The second-order valence-electron chi connectivity index (χ2n) is 6.18. The van der Waals surface area contributed by atoms with Crippen molar-refractivity contribution in [1.29, 1.82) is 0 Å². The molecule has 112 valence electrons. The quantitative estimate of drug-likeness (QED) is 0.926. The van der Waals surface area contributed by atoms with Gasteiger partial charge in [-0.15, -0.1) is 11.3 Å². The van der Waals surface area contributed by atoms with E-state index in [1.807, 2.05) is 5.38 Å². The van der Waals surface area contributed by atoms with Gasteiger partial charge >= 0.3 is 5.97 Å². The van der Waals surface area contributed by atoms with E-state index in [4.69, 9.17) is 0 Å². The number of carboxylic acids is 1. The molecule has 21 heavy (non-hydrogen) atoms. The van der Waals surface area contributed by atoms with Crippen molar-refractivity contribution in [3.8, 4) is 0 Å². The number of fused-ring (bicyclic) bond motifs is 2. The van der Waals surface area contributed by atoms with Crippen LogP contribution < -0.4 is 4.90 Å². The van der Waals surface area contributed by atoms with Crippen molar-refractivity contribution in [3.63, 3.8) is 0 Å². The average molecular weight is 305 g/mol. The summed E-state index contributed by atoms with van der Waals surface area (Å²) in [4.78, 5) is 19.2. The van der Waals surface area contributed by atoms with Crippen LogP contribution in [0, 0.1) is 11.8 Å². The summed E-state index contributed by atoms with van der Waals surface area (Å²) in [6, 6.07) is 0. The molecular weight excluding hydrogens is 286 g/mol. The van der Waals surface area contributed by atoms with Crippen molar-refractivity contribution in [1.82, 2.24) is 9.38 Å². The Morgan fingerprint density at radius 1 is 1.29 bits per heavy atom.